The second-order valence-electron chi connectivity index (χ2n) is 11.9. The zero-order chi connectivity index (χ0) is 30.8. The molecule has 0 saturated carbocycles. The average Bonchev–Trinajstić information content (AvgIpc) is 3.60. The number of likely N-dealkylation sites (tertiary alicyclic amines) is 1. The Morgan fingerprint density at radius 1 is 1.04 bits per heavy atom. The van der Waals surface area contributed by atoms with Gasteiger partial charge in [0, 0.05) is 36.8 Å². The monoisotopic (exact) mass is 610 g/mol. The minimum atomic E-state index is -0.931. The van der Waals surface area contributed by atoms with E-state index in [1.165, 1.54) is 0 Å². The van der Waals surface area contributed by atoms with E-state index >= 15 is 0 Å². The van der Waals surface area contributed by atoms with Gasteiger partial charge in [0.05, 0.1) is 60.7 Å². The lowest BCUT2D eigenvalue weighted by Gasteiger charge is -2.32. The molecule has 0 aliphatic carbocycles. The molecule has 5 heterocycles. The lowest BCUT2D eigenvalue weighted by atomic mass is 9.93. The van der Waals surface area contributed by atoms with Crippen LogP contribution in [-0.4, -0.2) is 79.8 Å². The zero-order valence-corrected chi connectivity index (χ0v) is 25.5. The molecule has 3 aromatic heterocycles. The van der Waals surface area contributed by atoms with Crippen LogP contribution in [0.5, 0.6) is 5.88 Å². The van der Waals surface area contributed by atoms with Gasteiger partial charge in [0.1, 0.15) is 12.4 Å². The Hall–Kier alpha value is -4.32. The fourth-order valence-electron chi connectivity index (χ4n) is 6.31. The molecule has 11 nitrogen and oxygen atoms in total. The van der Waals surface area contributed by atoms with Crippen LogP contribution in [0.4, 0.5) is 0 Å². The third kappa shape index (κ3) is 6.42. The summed E-state index contributed by atoms with van der Waals surface area (Å²) in [6.07, 6.45) is 5.02. The first kappa shape index (κ1) is 29.4. The lowest BCUT2D eigenvalue weighted by Crippen LogP contribution is -2.35. The van der Waals surface area contributed by atoms with E-state index < -0.39 is 5.97 Å². The summed E-state index contributed by atoms with van der Waals surface area (Å²) in [5.74, 6) is 1.02. The molecular formula is C34H38N6O5. The summed E-state index contributed by atoms with van der Waals surface area (Å²) in [5, 5.41) is 15.1. The standard InChI is InChI=1S/C34H38N6O5/c1-43-16-14-40-30-17-23(5-6-26(30)19-35-40)22-45-33-4-2-3-28(37-33)24-9-12-38(13-10-24)21-32-36-29-8-7-25(34(41)42)18-31(29)39(32)20-27-11-15-44-27/h2-8,17-19,24,27H,9-16,20-22H2,1H3,(H,41,42). The Kier molecular flexibility index (Phi) is 8.47. The van der Waals surface area contributed by atoms with Gasteiger partial charge in [-0.05, 0) is 68.2 Å². The first-order valence-electron chi connectivity index (χ1n) is 15.6. The third-order valence-electron chi connectivity index (χ3n) is 8.97. The van der Waals surface area contributed by atoms with Gasteiger partial charge in [-0.25, -0.2) is 14.8 Å². The number of fused-ring (bicyclic) bond motifs is 2. The highest BCUT2D eigenvalue weighted by Crippen LogP contribution is 2.30. The van der Waals surface area contributed by atoms with E-state index in [1.807, 2.05) is 29.1 Å². The molecule has 1 unspecified atom stereocenters. The van der Waals surface area contributed by atoms with E-state index in [9.17, 15) is 9.90 Å². The van der Waals surface area contributed by atoms with Crippen molar-refractivity contribution in [3.8, 4) is 5.88 Å². The van der Waals surface area contributed by atoms with E-state index in [2.05, 4.69) is 38.8 Å². The topological polar surface area (TPSA) is 117 Å². The Morgan fingerprint density at radius 2 is 1.91 bits per heavy atom. The van der Waals surface area contributed by atoms with Crippen LogP contribution in [0.25, 0.3) is 21.9 Å². The SMILES string of the molecule is COCCn1ncc2ccc(COc3cccc(C4CCN(Cc5nc6ccc(C(=O)O)cc6n5CC5CCO5)CC4)n3)cc21. The van der Waals surface area contributed by atoms with Crippen molar-refractivity contribution in [2.45, 2.75) is 57.5 Å². The summed E-state index contributed by atoms with van der Waals surface area (Å²) in [5.41, 5.74) is 5.15. The number of imidazole rings is 1. The highest BCUT2D eigenvalue weighted by atomic mass is 16.5. The summed E-state index contributed by atoms with van der Waals surface area (Å²) in [4.78, 5) is 23.9. The summed E-state index contributed by atoms with van der Waals surface area (Å²) in [6, 6.07) is 17.5. The van der Waals surface area contributed by atoms with Crippen molar-refractivity contribution in [2.75, 3.05) is 33.4 Å². The summed E-state index contributed by atoms with van der Waals surface area (Å²) in [7, 11) is 1.70. The van der Waals surface area contributed by atoms with Crippen LogP contribution in [0, 0.1) is 0 Å². The summed E-state index contributed by atoms with van der Waals surface area (Å²) >= 11 is 0. The number of aromatic carboxylic acids is 1. The molecule has 1 atom stereocenters. The minimum absolute atomic E-state index is 0.147. The van der Waals surface area contributed by atoms with Crippen molar-refractivity contribution < 1.29 is 24.1 Å². The van der Waals surface area contributed by atoms with Crippen LogP contribution in [-0.2, 0) is 35.7 Å². The second kappa shape index (κ2) is 13.0. The molecule has 7 rings (SSSR count). The molecule has 2 fully saturated rings. The zero-order valence-electron chi connectivity index (χ0n) is 25.5. The minimum Gasteiger partial charge on any atom is -0.478 e. The molecule has 0 radical (unpaired) electrons. The van der Waals surface area contributed by atoms with E-state index in [-0.39, 0.29) is 11.7 Å². The van der Waals surface area contributed by atoms with E-state index in [0.29, 0.717) is 44.6 Å². The second-order valence-corrected chi connectivity index (χ2v) is 11.9. The van der Waals surface area contributed by atoms with E-state index in [4.69, 9.17) is 24.2 Å². The van der Waals surface area contributed by atoms with Crippen LogP contribution in [0.15, 0.2) is 60.8 Å². The third-order valence-corrected chi connectivity index (χ3v) is 8.97. The van der Waals surface area contributed by atoms with Gasteiger partial charge in [-0.15, -0.1) is 0 Å². The van der Waals surface area contributed by atoms with Crippen LogP contribution in [0.2, 0.25) is 0 Å². The molecule has 45 heavy (non-hydrogen) atoms. The van der Waals surface area contributed by atoms with E-state index in [1.54, 1.807) is 19.2 Å². The Morgan fingerprint density at radius 3 is 2.69 bits per heavy atom. The molecule has 234 valence electrons. The normalized spacial score (nSPS) is 17.6. The number of carboxylic acid groups (broad SMARTS) is 1. The number of carboxylic acids is 1. The fourth-order valence-corrected chi connectivity index (χ4v) is 6.31. The molecule has 2 aromatic carbocycles. The van der Waals surface area contributed by atoms with Crippen molar-refractivity contribution in [3.63, 3.8) is 0 Å². The van der Waals surface area contributed by atoms with Crippen LogP contribution in [0.1, 0.15) is 52.6 Å². The molecule has 5 aromatic rings. The maximum absolute atomic E-state index is 11.6. The number of ether oxygens (including phenoxy) is 3. The number of methoxy groups -OCH3 is 1. The van der Waals surface area contributed by atoms with Gasteiger partial charge in [0.25, 0.3) is 0 Å². The van der Waals surface area contributed by atoms with Gasteiger partial charge in [0.15, 0.2) is 0 Å². The van der Waals surface area contributed by atoms with Gasteiger partial charge >= 0.3 is 5.97 Å². The number of nitrogens with zero attached hydrogens (tertiary/aromatic N) is 6. The smallest absolute Gasteiger partial charge is 0.335 e. The van der Waals surface area contributed by atoms with E-state index in [0.717, 1.165) is 78.0 Å². The van der Waals surface area contributed by atoms with Gasteiger partial charge in [-0.1, -0.05) is 18.2 Å². The molecule has 2 saturated heterocycles. The van der Waals surface area contributed by atoms with Gasteiger partial charge in [0.2, 0.25) is 5.88 Å². The molecule has 0 amide bonds. The predicted molar refractivity (Wildman–Crippen MR) is 168 cm³/mol. The maximum atomic E-state index is 11.6. The maximum Gasteiger partial charge on any atom is 0.335 e. The van der Waals surface area contributed by atoms with Crippen molar-refractivity contribution in [1.82, 2.24) is 29.2 Å². The molecular weight excluding hydrogens is 572 g/mol. The molecule has 2 aliphatic heterocycles. The Labute approximate surface area is 261 Å². The molecule has 1 N–H and O–H groups in total. The summed E-state index contributed by atoms with van der Waals surface area (Å²) < 4.78 is 21.2. The van der Waals surface area contributed by atoms with Crippen LogP contribution in [0.3, 0.4) is 0 Å². The number of hydrogen-bond donors (Lipinski definition) is 1. The quantitative estimate of drug-likeness (QED) is 0.211. The van der Waals surface area contributed by atoms with Gasteiger partial charge < -0.3 is 23.9 Å². The van der Waals surface area contributed by atoms with Crippen LogP contribution < -0.4 is 4.74 Å². The van der Waals surface area contributed by atoms with Crippen molar-refractivity contribution >= 4 is 27.9 Å². The van der Waals surface area contributed by atoms with Gasteiger partial charge in [-0.3, -0.25) is 9.58 Å². The molecule has 11 heteroatoms. The Balaban J connectivity index is 0.985. The average molecular weight is 611 g/mol. The number of pyridine rings is 1. The first-order valence-corrected chi connectivity index (χ1v) is 15.6. The number of hydrogen-bond acceptors (Lipinski definition) is 8. The van der Waals surface area contributed by atoms with Crippen molar-refractivity contribution in [3.05, 3.63) is 83.4 Å². The Bertz CT molecular complexity index is 1800. The highest BCUT2D eigenvalue weighted by Gasteiger charge is 2.26. The summed E-state index contributed by atoms with van der Waals surface area (Å²) in [6.45, 7) is 5.78. The molecule has 0 spiro atoms. The first-order chi connectivity index (χ1) is 22.0. The lowest BCUT2D eigenvalue weighted by molar-refractivity contribution is -0.0592. The number of piperidine rings is 1. The molecule has 0 bridgehead atoms. The number of benzene rings is 2. The number of rotatable bonds is 12. The predicted octanol–water partition coefficient (Wildman–Crippen LogP) is 4.87. The van der Waals surface area contributed by atoms with Crippen molar-refractivity contribution in [2.24, 2.45) is 0 Å². The number of carbonyl (C=O) groups is 1. The highest BCUT2D eigenvalue weighted by molar-refractivity contribution is 5.92. The van der Waals surface area contributed by atoms with Crippen LogP contribution >= 0.6 is 0 Å². The van der Waals surface area contributed by atoms with Crippen molar-refractivity contribution in [1.29, 1.82) is 0 Å². The largest absolute Gasteiger partial charge is 0.478 e. The fraction of sp³-hybridized carbons (Fsp3) is 0.412. The number of aromatic nitrogens is 5. The molecule has 2 aliphatic rings. The van der Waals surface area contributed by atoms with Gasteiger partial charge in [-0.2, -0.15) is 5.10 Å².